The fourth-order valence-electron chi connectivity index (χ4n) is 3.47. The number of ether oxygens (including phenoxy) is 1. The number of benzene rings is 2. The summed E-state index contributed by atoms with van der Waals surface area (Å²) in [5.74, 6) is 1.48. The summed E-state index contributed by atoms with van der Waals surface area (Å²) in [6.07, 6.45) is 0.530. The number of hydrogen-bond donors (Lipinski definition) is 2. The van der Waals surface area contributed by atoms with Gasteiger partial charge < -0.3 is 9.72 Å². The molecule has 2 heterocycles. The van der Waals surface area contributed by atoms with Crippen molar-refractivity contribution in [2.75, 3.05) is 11.9 Å². The minimum atomic E-state index is -0.266. The van der Waals surface area contributed by atoms with E-state index < -0.39 is 0 Å². The highest BCUT2D eigenvalue weighted by atomic mass is 16.5. The largest absolute Gasteiger partial charge is 0.494 e. The number of nitrogens with zero attached hydrogens (tertiary/aromatic N) is 3. The molecule has 0 aliphatic heterocycles. The van der Waals surface area contributed by atoms with Gasteiger partial charge in [-0.2, -0.15) is 4.98 Å². The lowest BCUT2D eigenvalue weighted by Crippen LogP contribution is -2.19. The average molecular weight is 415 g/mol. The Hall–Kier alpha value is -3.74. The number of rotatable bonds is 6. The van der Waals surface area contributed by atoms with Gasteiger partial charge in [0.05, 0.1) is 17.8 Å². The van der Waals surface area contributed by atoms with E-state index in [1.54, 1.807) is 0 Å². The summed E-state index contributed by atoms with van der Waals surface area (Å²) in [7, 11) is 0. The van der Waals surface area contributed by atoms with Crippen LogP contribution in [0.15, 0.2) is 47.3 Å². The van der Waals surface area contributed by atoms with Crippen LogP contribution in [-0.4, -0.2) is 26.5 Å². The standard InChI is InChI=1S/C24H25N5O2/c1-5-31-18-10-11-21-19(13-18)15(3)25-23(27-21)29-24-26-16(4)20(22(30)28-24)12-17-8-6-14(2)7-9-17/h6-11,13H,5,12H2,1-4H3,(H2,25,26,27,28,29,30). The molecule has 2 aromatic carbocycles. The molecule has 0 unspecified atom stereocenters. The first-order valence-electron chi connectivity index (χ1n) is 10.3. The summed E-state index contributed by atoms with van der Waals surface area (Å²) >= 11 is 0. The van der Waals surface area contributed by atoms with Gasteiger partial charge >= 0.3 is 0 Å². The third-order valence-electron chi connectivity index (χ3n) is 5.13. The van der Waals surface area contributed by atoms with Gasteiger partial charge in [-0.3, -0.25) is 10.1 Å². The van der Waals surface area contributed by atoms with Gasteiger partial charge in [-0.15, -0.1) is 0 Å². The number of fused-ring (bicyclic) bond motifs is 1. The maximum absolute atomic E-state index is 12.7. The SMILES string of the molecule is CCOc1ccc2nc(Nc3nc(=O)c(Cc4ccc(C)cc4)c(C)[nH]3)nc(C)c2c1. The van der Waals surface area contributed by atoms with E-state index >= 15 is 0 Å². The molecule has 7 heteroatoms. The zero-order valence-electron chi connectivity index (χ0n) is 18.1. The number of anilines is 2. The van der Waals surface area contributed by atoms with Gasteiger partial charge in [0.15, 0.2) is 0 Å². The Bertz CT molecular complexity index is 1300. The fourth-order valence-corrected chi connectivity index (χ4v) is 3.47. The van der Waals surface area contributed by atoms with Crippen LogP contribution < -0.4 is 15.6 Å². The van der Waals surface area contributed by atoms with Crippen LogP contribution in [0, 0.1) is 20.8 Å². The molecule has 158 valence electrons. The molecule has 0 aliphatic carbocycles. The number of hydrogen-bond acceptors (Lipinski definition) is 6. The molecular weight excluding hydrogens is 390 g/mol. The van der Waals surface area contributed by atoms with E-state index in [2.05, 4.69) is 25.3 Å². The van der Waals surface area contributed by atoms with Crippen LogP contribution in [0.2, 0.25) is 0 Å². The molecule has 31 heavy (non-hydrogen) atoms. The fraction of sp³-hybridized carbons (Fsp3) is 0.250. The molecule has 4 aromatic rings. The molecule has 0 fully saturated rings. The Kier molecular flexibility index (Phi) is 5.66. The van der Waals surface area contributed by atoms with Crippen LogP contribution in [0.25, 0.3) is 10.9 Å². The quantitative estimate of drug-likeness (QED) is 0.486. The number of aromatic amines is 1. The van der Waals surface area contributed by atoms with Crippen molar-refractivity contribution in [1.82, 2.24) is 19.9 Å². The normalized spacial score (nSPS) is 11.0. The minimum absolute atomic E-state index is 0.266. The lowest BCUT2D eigenvalue weighted by atomic mass is 10.0. The third kappa shape index (κ3) is 4.55. The molecule has 0 saturated heterocycles. The molecule has 7 nitrogen and oxygen atoms in total. The molecule has 2 N–H and O–H groups in total. The predicted molar refractivity (Wildman–Crippen MR) is 122 cm³/mol. The van der Waals surface area contributed by atoms with Gasteiger partial charge in [0.2, 0.25) is 11.9 Å². The average Bonchev–Trinajstić information content (AvgIpc) is 2.73. The van der Waals surface area contributed by atoms with E-state index in [1.165, 1.54) is 5.56 Å². The van der Waals surface area contributed by atoms with Gasteiger partial charge in [-0.1, -0.05) is 29.8 Å². The molecule has 0 saturated carbocycles. The van der Waals surface area contributed by atoms with Crippen LogP contribution in [0.5, 0.6) is 5.75 Å². The van der Waals surface area contributed by atoms with Gasteiger partial charge in [-0.25, -0.2) is 9.97 Å². The molecule has 0 bridgehead atoms. The summed E-state index contributed by atoms with van der Waals surface area (Å²) in [5, 5.41) is 3.96. The van der Waals surface area contributed by atoms with Crippen LogP contribution in [0.3, 0.4) is 0 Å². The van der Waals surface area contributed by atoms with Gasteiger partial charge in [0, 0.05) is 23.1 Å². The molecule has 0 amide bonds. The van der Waals surface area contributed by atoms with E-state index in [9.17, 15) is 4.79 Å². The third-order valence-corrected chi connectivity index (χ3v) is 5.13. The Balaban J connectivity index is 1.60. The smallest absolute Gasteiger partial charge is 0.278 e. The first kappa shape index (κ1) is 20.5. The van der Waals surface area contributed by atoms with Crippen LogP contribution in [-0.2, 0) is 6.42 Å². The Morgan fingerprint density at radius 3 is 2.48 bits per heavy atom. The monoisotopic (exact) mass is 415 g/mol. The van der Waals surface area contributed by atoms with Crippen molar-refractivity contribution in [2.24, 2.45) is 0 Å². The zero-order valence-corrected chi connectivity index (χ0v) is 18.1. The van der Waals surface area contributed by atoms with Crippen molar-refractivity contribution in [2.45, 2.75) is 34.1 Å². The van der Waals surface area contributed by atoms with Crippen molar-refractivity contribution in [3.05, 3.63) is 80.9 Å². The van der Waals surface area contributed by atoms with Gasteiger partial charge in [-0.05, 0) is 51.5 Å². The first-order valence-corrected chi connectivity index (χ1v) is 10.3. The second-order valence-electron chi connectivity index (χ2n) is 7.53. The maximum atomic E-state index is 12.7. The Morgan fingerprint density at radius 2 is 1.77 bits per heavy atom. The first-order chi connectivity index (χ1) is 14.9. The van der Waals surface area contributed by atoms with Gasteiger partial charge in [0.25, 0.3) is 5.56 Å². The van der Waals surface area contributed by atoms with E-state index in [1.807, 2.05) is 70.2 Å². The zero-order chi connectivity index (χ0) is 22.0. The summed E-state index contributed by atoms with van der Waals surface area (Å²) in [4.78, 5) is 29.1. The van der Waals surface area contributed by atoms with Crippen LogP contribution in [0.4, 0.5) is 11.9 Å². The Labute approximate surface area is 180 Å². The van der Waals surface area contributed by atoms with Crippen molar-refractivity contribution < 1.29 is 4.74 Å². The molecule has 4 rings (SSSR count). The predicted octanol–water partition coefficient (Wildman–Crippen LogP) is 4.37. The molecule has 0 spiro atoms. The molecular formula is C24H25N5O2. The summed E-state index contributed by atoms with van der Waals surface area (Å²) in [6.45, 7) is 8.38. The van der Waals surface area contributed by atoms with Crippen molar-refractivity contribution in [1.29, 1.82) is 0 Å². The molecule has 0 aliphatic rings. The number of aryl methyl sites for hydroxylation is 3. The summed E-state index contributed by atoms with van der Waals surface area (Å²) in [5.41, 5.74) is 5.00. The van der Waals surface area contributed by atoms with Crippen LogP contribution in [0.1, 0.15) is 35.0 Å². The highest BCUT2D eigenvalue weighted by molar-refractivity contribution is 5.83. The lowest BCUT2D eigenvalue weighted by Gasteiger charge is -2.11. The van der Waals surface area contributed by atoms with Crippen molar-refractivity contribution in [3.63, 3.8) is 0 Å². The summed E-state index contributed by atoms with van der Waals surface area (Å²) in [6, 6.07) is 13.9. The lowest BCUT2D eigenvalue weighted by molar-refractivity contribution is 0.340. The highest BCUT2D eigenvalue weighted by Crippen LogP contribution is 2.23. The minimum Gasteiger partial charge on any atom is -0.494 e. The van der Waals surface area contributed by atoms with Gasteiger partial charge in [0.1, 0.15) is 5.75 Å². The highest BCUT2D eigenvalue weighted by Gasteiger charge is 2.12. The second-order valence-corrected chi connectivity index (χ2v) is 7.53. The van der Waals surface area contributed by atoms with E-state index in [0.717, 1.165) is 33.6 Å². The maximum Gasteiger partial charge on any atom is 0.278 e. The molecule has 0 radical (unpaired) electrons. The van der Waals surface area contributed by atoms with Crippen molar-refractivity contribution >= 4 is 22.8 Å². The van der Waals surface area contributed by atoms with E-state index in [4.69, 9.17) is 4.74 Å². The number of nitrogens with one attached hydrogen (secondary N) is 2. The van der Waals surface area contributed by atoms with E-state index in [-0.39, 0.29) is 5.56 Å². The van der Waals surface area contributed by atoms with E-state index in [0.29, 0.717) is 30.5 Å². The molecule has 0 atom stereocenters. The Morgan fingerprint density at radius 1 is 1.00 bits per heavy atom. The summed E-state index contributed by atoms with van der Waals surface area (Å²) < 4.78 is 5.56. The number of aromatic nitrogens is 4. The molecule has 2 aromatic heterocycles. The number of H-pyrrole nitrogens is 1. The van der Waals surface area contributed by atoms with Crippen molar-refractivity contribution in [3.8, 4) is 5.75 Å². The van der Waals surface area contributed by atoms with Crippen LogP contribution >= 0.6 is 0 Å². The second kappa shape index (κ2) is 8.55. The topological polar surface area (TPSA) is 92.8 Å².